The summed E-state index contributed by atoms with van der Waals surface area (Å²) in [6, 6.07) is 5.47. The summed E-state index contributed by atoms with van der Waals surface area (Å²) in [5.74, 6) is 1.22. The Balaban J connectivity index is 1.69. The first kappa shape index (κ1) is 22.8. The fourth-order valence-electron chi connectivity index (χ4n) is 3.07. The Bertz CT molecular complexity index is 694. The minimum Gasteiger partial charge on any atom is -0.493 e. The van der Waals surface area contributed by atoms with E-state index in [4.69, 9.17) is 14.2 Å². The summed E-state index contributed by atoms with van der Waals surface area (Å²) in [6.07, 6.45) is 0.0210. The molecule has 29 heavy (non-hydrogen) atoms. The summed E-state index contributed by atoms with van der Waals surface area (Å²) in [7, 11) is 3.15. The Morgan fingerprint density at radius 3 is 2.28 bits per heavy atom. The summed E-state index contributed by atoms with van der Waals surface area (Å²) in [6.45, 7) is 9.72. The minimum atomic E-state index is -0.480. The number of hydrogen-bond donors (Lipinski definition) is 1. The van der Waals surface area contributed by atoms with Gasteiger partial charge in [-0.15, -0.1) is 0 Å². The predicted octanol–water partition coefficient (Wildman–Crippen LogP) is 1.92. The Morgan fingerprint density at radius 1 is 1.03 bits per heavy atom. The van der Waals surface area contributed by atoms with Crippen LogP contribution in [0.3, 0.4) is 0 Å². The molecule has 1 fully saturated rings. The SMILES string of the molecule is COc1ccc(CC(=O)NCCN2CCN(C(=O)OC(C)(C)C)CC2)cc1OC. The first-order valence-corrected chi connectivity index (χ1v) is 9.89. The van der Waals surface area contributed by atoms with Crippen LogP contribution in [-0.2, 0) is 16.0 Å². The molecule has 0 radical (unpaired) electrons. The molecule has 0 aromatic heterocycles. The quantitative estimate of drug-likeness (QED) is 0.744. The lowest BCUT2D eigenvalue weighted by atomic mass is 10.1. The highest BCUT2D eigenvalue weighted by molar-refractivity contribution is 5.78. The van der Waals surface area contributed by atoms with Gasteiger partial charge < -0.3 is 24.4 Å². The zero-order valence-electron chi connectivity index (χ0n) is 18.1. The van der Waals surface area contributed by atoms with Crippen molar-refractivity contribution in [3.8, 4) is 11.5 Å². The van der Waals surface area contributed by atoms with Gasteiger partial charge in [-0.2, -0.15) is 0 Å². The van der Waals surface area contributed by atoms with Gasteiger partial charge >= 0.3 is 6.09 Å². The van der Waals surface area contributed by atoms with Crippen molar-refractivity contribution >= 4 is 12.0 Å². The number of piperazine rings is 1. The molecular formula is C21H33N3O5. The van der Waals surface area contributed by atoms with Gasteiger partial charge in [0.25, 0.3) is 0 Å². The van der Waals surface area contributed by atoms with Gasteiger partial charge in [-0.05, 0) is 38.5 Å². The standard InChI is InChI=1S/C21H33N3O5/c1-21(2,3)29-20(26)24-12-10-23(11-13-24)9-8-22-19(25)15-16-6-7-17(27-4)18(14-16)28-5/h6-7,14H,8-13,15H2,1-5H3,(H,22,25). The molecule has 8 nitrogen and oxygen atoms in total. The van der Waals surface area contributed by atoms with E-state index in [2.05, 4.69) is 10.2 Å². The number of methoxy groups -OCH3 is 2. The summed E-state index contributed by atoms with van der Waals surface area (Å²) in [4.78, 5) is 28.3. The van der Waals surface area contributed by atoms with Crippen LogP contribution in [0.5, 0.6) is 11.5 Å². The highest BCUT2D eigenvalue weighted by atomic mass is 16.6. The number of carbonyl (C=O) groups is 2. The summed E-state index contributed by atoms with van der Waals surface area (Å²) in [5.41, 5.74) is 0.387. The molecule has 0 unspecified atom stereocenters. The number of nitrogens with one attached hydrogen (secondary N) is 1. The Hall–Kier alpha value is -2.48. The van der Waals surface area contributed by atoms with E-state index in [1.165, 1.54) is 0 Å². The maximum atomic E-state index is 12.2. The molecule has 1 aliphatic heterocycles. The highest BCUT2D eigenvalue weighted by Crippen LogP contribution is 2.27. The highest BCUT2D eigenvalue weighted by Gasteiger charge is 2.25. The zero-order chi connectivity index (χ0) is 21.4. The van der Waals surface area contributed by atoms with Crippen LogP contribution in [0, 0.1) is 0 Å². The van der Waals surface area contributed by atoms with Crippen molar-refractivity contribution in [3.05, 3.63) is 23.8 Å². The maximum Gasteiger partial charge on any atom is 0.410 e. The molecular weight excluding hydrogens is 374 g/mol. The third-order valence-corrected chi connectivity index (χ3v) is 4.59. The second-order valence-electron chi connectivity index (χ2n) is 8.03. The van der Waals surface area contributed by atoms with Crippen molar-refractivity contribution < 1.29 is 23.8 Å². The van der Waals surface area contributed by atoms with E-state index >= 15 is 0 Å². The molecule has 2 rings (SSSR count). The zero-order valence-corrected chi connectivity index (χ0v) is 18.1. The first-order valence-electron chi connectivity index (χ1n) is 9.89. The molecule has 2 amide bonds. The van der Waals surface area contributed by atoms with Crippen molar-refractivity contribution in [2.45, 2.75) is 32.8 Å². The van der Waals surface area contributed by atoms with Crippen LogP contribution in [0.2, 0.25) is 0 Å². The third-order valence-electron chi connectivity index (χ3n) is 4.59. The Morgan fingerprint density at radius 2 is 1.69 bits per heavy atom. The van der Waals surface area contributed by atoms with Crippen LogP contribution >= 0.6 is 0 Å². The van der Waals surface area contributed by atoms with Gasteiger partial charge in [0, 0.05) is 39.3 Å². The molecule has 162 valence electrons. The second kappa shape index (κ2) is 10.3. The molecule has 1 saturated heterocycles. The second-order valence-corrected chi connectivity index (χ2v) is 8.03. The van der Waals surface area contributed by atoms with Crippen LogP contribution in [0.4, 0.5) is 4.79 Å². The molecule has 0 atom stereocenters. The minimum absolute atomic E-state index is 0.0374. The lowest BCUT2D eigenvalue weighted by Gasteiger charge is -2.35. The molecule has 0 bridgehead atoms. The van der Waals surface area contributed by atoms with Crippen LogP contribution in [0.15, 0.2) is 18.2 Å². The number of carbonyl (C=O) groups excluding carboxylic acids is 2. The van der Waals surface area contributed by atoms with E-state index in [1.807, 2.05) is 32.9 Å². The molecule has 1 heterocycles. The number of nitrogens with zero attached hydrogens (tertiary/aromatic N) is 2. The molecule has 1 N–H and O–H groups in total. The molecule has 1 aromatic rings. The van der Waals surface area contributed by atoms with Gasteiger partial charge in [0.15, 0.2) is 11.5 Å². The van der Waals surface area contributed by atoms with E-state index in [1.54, 1.807) is 25.2 Å². The summed E-state index contributed by atoms with van der Waals surface area (Å²) in [5, 5.41) is 2.95. The molecule has 0 aliphatic carbocycles. The number of amides is 2. The van der Waals surface area contributed by atoms with Crippen molar-refractivity contribution in [2.24, 2.45) is 0 Å². The van der Waals surface area contributed by atoms with Gasteiger partial charge in [0.05, 0.1) is 20.6 Å². The van der Waals surface area contributed by atoms with Crippen LogP contribution in [-0.4, -0.2) is 80.9 Å². The van der Waals surface area contributed by atoms with Crippen LogP contribution < -0.4 is 14.8 Å². The van der Waals surface area contributed by atoms with E-state index in [-0.39, 0.29) is 18.4 Å². The summed E-state index contributed by atoms with van der Waals surface area (Å²) >= 11 is 0. The fraction of sp³-hybridized carbons (Fsp3) is 0.619. The Kier molecular flexibility index (Phi) is 8.13. The van der Waals surface area contributed by atoms with Crippen LogP contribution in [0.25, 0.3) is 0 Å². The molecule has 1 aliphatic rings. The van der Waals surface area contributed by atoms with Gasteiger partial charge in [-0.1, -0.05) is 6.07 Å². The van der Waals surface area contributed by atoms with E-state index in [0.717, 1.165) is 25.2 Å². The van der Waals surface area contributed by atoms with E-state index in [0.29, 0.717) is 31.1 Å². The normalized spacial score (nSPS) is 15.0. The van der Waals surface area contributed by atoms with Crippen molar-refractivity contribution in [1.29, 1.82) is 0 Å². The van der Waals surface area contributed by atoms with Gasteiger partial charge in [0.1, 0.15) is 5.60 Å². The average molecular weight is 408 g/mol. The van der Waals surface area contributed by atoms with E-state index < -0.39 is 5.60 Å². The lowest BCUT2D eigenvalue weighted by molar-refractivity contribution is -0.120. The molecule has 0 saturated carbocycles. The number of benzene rings is 1. The van der Waals surface area contributed by atoms with Crippen LogP contribution in [0.1, 0.15) is 26.3 Å². The maximum absolute atomic E-state index is 12.2. The smallest absolute Gasteiger partial charge is 0.410 e. The largest absolute Gasteiger partial charge is 0.493 e. The first-order chi connectivity index (χ1) is 13.7. The molecule has 1 aromatic carbocycles. The topological polar surface area (TPSA) is 80.3 Å². The van der Waals surface area contributed by atoms with Crippen molar-refractivity contribution in [1.82, 2.24) is 15.1 Å². The van der Waals surface area contributed by atoms with Crippen molar-refractivity contribution in [2.75, 3.05) is 53.5 Å². The monoisotopic (exact) mass is 407 g/mol. The number of rotatable bonds is 7. The lowest BCUT2D eigenvalue weighted by Crippen LogP contribution is -2.51. The number of hydrogen-bond acceptors (Lipinski definition) is 6. The Labute approximate surface area is 173 Å². The average Bonchev–Trinajstić information content (AvgIpc) is 2.67. The summed E-state index contributed by atoms with van der Waals surface area (Å²) < 4.78 is 15.9. The fourth-order valence-corrected chi connectivity index (χ4v) is 3.07. The van der Waals surface area contributed by atoms with Gasteiger partial charge in [-0.3, -0.25) is 9.69 Å². The van der Waals surface area contributed by atoms with Gasteiger partial charge in [-0.25, -0.2) is 4.79 Å². The molecule has 0 spiro atoms. The van der Waals surface area contributed by atoms with Crippen molar-refractivity contribution in [3.63, 3.8) is 0 Å². The number of ether oxygens (including phenoxy) is 3. The third kappa shape index (κ3) is 7.45. The van der Waals surface area contributed by atoms with E-state index in [9.17, 15) is 9.59 Å². The predicted molar refractivity (Wildman–Crippen MR) is 111 cm³/mol. The van der Waals surface area contributed by atoms with Gasteiger partial charge in [0.2, 0.25) is 5.91 Å². The molecule has 8 heteroatoms.